The van der Waals surface area contributed by atoms with Crippen molar-refractivity contribution in [1.29, 1.82) is 0 Å². The van der Waals surface area contributed by atoms with Crippen molar-refractivity contribution in [3.63, 3.8) is 0 Å². The Labute approximate surface area is 117 Å². The van der Waals surface area contributed by atoms with Gasteiger partial charge in [0, 0.05) is 6.42 Å². The number of halogens is 1. The van der Waals surface area contributed by atoms with Crippen LogP contribution in [0.2, 0.25) is 5.02 Å². The third-order valence-corrected chi connectivity index (χ3v) is 3.08. The number of para-hydroxylation sites is 1. The van der Waals surface area contributed by atoms with Gasteiger partial charge in [0.25, 0.3) is 0 Å². The summed E-state index contributed by atoms with van der Waals surface area (Å²) in [4.78, 5) is 22.8. The zero-order valence-corrected chi connectivity index (χ0v) is 11.7. The lowest BCUT2D eigenvalue weighted by atomic mass is 10.1. The smallest absolute Gasteiger partial charge is 0.337 e. The fourth-order valence-electron chi connectivity index (χ4n) is 1.74. The Morgan fingerprint density at radius 3 is 2.63 bits per heavy atom. The van der Waals surface area contributed by atoms with Gasteiger partial charge in [-0.05, 0) is 18.6 Å². The maximum absolute atomic E-state index is 11.7. The highest BCUT2D eigenvalue weighted by Crippen LogP contribution is 2.26. The van der Waals surface area contributed by atoms with E-state index in [2.05, 4.69) is 12.2 Å². The lowest BCUT2D eigenvalue weighted by molar-refractivity contribution is -0.116. The molecule has 1 rings (SSSR count). The number of carboxylic acid groups (broad SMARTS) is 1. The van der Waals surface area contributed by atoms with Crippen molar-refractivity contribution >= 4 is 29.2 Å². The summed E-state index contributed by atoms with van der Waals surface area (Å²) in [5.74, 6) is -1.31. The highest BCUT2D eigenvalue weighted by atomic mass is 35.5. The molecule has 0 aliphatic heterocycles. The quantitative estimate of drug-likeness (QED) is 0.745. The van der Waals surface area contributed by atoms with E-state index in [0.717, 1.165) is 25.7 Å². The Balaban J connectivity index is 2.66. The summed E-state index contributed by atoms with van der Waals surface area (Å²) in [5, 5.41) is 11.9. The molecule has 104 valence electrons. The molecule has 1 aromatic carbocycles. The zero-order valence-electron chi connectivity index (χ0n) is 10.9. The van der Waals surface area contributed by atoms with Gasteiger partial charge in [0.2, 0.25) is 5.91 Å². The van der Waals surface area contributed by atoms with Crippen molar-refractivity contribution in [1.82, 2.24) is 0 Å². The van der Waals surface area contributed by atoms with E-state index >= 15 is 0 Å². The highest BCUT2D eigenvalue weighted by Gasteiger charge is 2.15. The summed E-state index contributed by atoms with van der Waals surface area (Å²) >= 11 is 5.92. The summed E-state index contributed by atoms with van der Waals surface area (Å²) in [6.45, 7) is 2.10. The van der Waals surface area contributed by atoms with E-state index in [9.17, 15) is 9.59 Å². The molecule has 0 fully saturated rings. The van der Waals surface area contributed by atoms with E-state index in [1.165, 1.54) is 6.07 Å². The summed E-state index contributed by atoms with van der Waals surface area (Å²) in [6, 6.07) is 4.52. The molecule has 0 saturated heterocycles. The molecular weight excluding hydrogens is 266 g/mol. The van der Waals surface area contributed by atoms with Crippen molar-refractivity contribution in [3.8, 4) is 0 Å². The average Bonchev–Trinajstić information content (AvgIpc) is 2.37. The number of unbranched alkanes of at least 4 members (excludes halogenated alkanes) is 3. The van der Waals surface area contributed by atoms with Gasteiger partial charge in [-0.1, -0.05) is 43.9 Å². The molecule has 0 saturated carbocycles. The number of hydrogen-bond acceptors (Lipinski definition) is 2. The van der Waals surface area contributed by atoms with Gasteiger partial charge in [-0.25, -0.2) is 4.79 Å². The molecule has 1 aromatic rings. The first-order chi connectivity index (χ1) is 9.06. The third-order valence-electron chi connectivity index (χ3n) is 2.77. The van der Waals surface area contributed by atoms with Crippen LogP contribution in [0.25, 0.3) is 0 Å². The van der Waals surface area contributed by atoms with Crippen molar-refractivity contribution in [3.05, 3.63) is 28.8 Å². The van der Waals surface area contributed by atoms with Gasteiger partial charge in [0.1, 0.15) is 0 Å². The minimum absolute atomic E-state index is 0.00871. The normalized spacial score (nSPS) is 10.2. The predicted octanol–water partition coefficient (Wildman–Crippen LogP) is 3.95. The minimum atomic E-state index is -1.11. The number of amides is 1. The lowest BCUT2D eigenvalue weighted by Gasteiger charge is -2.10. The maximum Gasteiger partial charge on any atom is 0.337 e. The van der Waals surface area contributed by atoms with Crippen molar-refractivity contribution in [2.45, 2.75) is 39.0 Å². The molecule has 2 N–H and O–H groups in total. The Morgan fingerprint density at radius 1 is 1.26 bits per heavy atom. The lowest BCUT2D eigenvalue weighted by Crippen LogP contribution is -2.14. The van der Waals surface area contributed by atoms with Gasteiger partial charge in [0.15, 0.2) is 0 Å². The maximum atomic E-state index is 11.7. The second kappa shape index (κ2) is 7.79. The Kier molecular flexibility index (Phi) is 6.36. The Morgan fingerprint density at radius 2 is 2.00 bits per heavy atom. The van der Waals surface area contributed by atoms with Gasteiger partial charge in [-0.2, -0.15) is 0 Å². The molecule has 4 nitrogen and oxygen atoms in total. The van der Waals surface area contributed by atoms with Gasteiger partial charge in [-0.3, -0.25) is 4.79 Å². The van der Waals surface area contributed by atoms with E-state index in [-0.39, 0.29) is 22.2 Å². The number of benzene rings is 1. The Hall–Kier alpha value is -1.55. The number of anilines is 1. The monoisotopic (exact) mass is 283 g/mol. The van der Waals surface area contributed by atoms with Crippen LogP contribution in [0.3, 0.4) is 0 Å². The molecule has 0 aliphatic carbocycles. The standard InChI is InChI=1S/C14H18ClNO3/c1-2-3-4-5-9-12(17)16-13-10(14(18)19)7-6-8-11(13)15/h6-8H,2-5,9H2,1H3,(H,16,17)(H,18,19). The number of aromatic carboxylic acids is 1. The van der Waals surface area contributed by atoms with Gasteiger partial charge >= 0.3 is 5.97 Å². The van der Waals surface area contributed by atoms with E-state index < -0.39 is 5.97 Å². The second-order valence-corrected chi connectivity index (χ2v) is 4.73. The van der Waals surface area contributed by atoms with E-state index in [1.807, 2.05) is 0 Å². The van der Waals surface area contributed by atoms with Crippen molar-refractivity contribution < 1.29 is 14.7 Å². The summed E-state index contributed by atoms with van der Waals surface area (Å²) in [7, 11) is 0. The van der Waals surface area contributed by atoms with Crippen LogP contribution >= 0.6 is 11.6 Å². The minimum Gasteiger partial charge on any atom is -0.478 e. The van der Waals surface area contributed by atoms with Crippen LogP contribution in [0.15, 0.2) is 18.2 Å². The summed E-state index contributed by atoms with van der Waals surface area (Å²) < 4.78 is 0. The van der Waals surface area contributed by atoms with E-state index in [0.29, 0.717) is 6.42 Å². The largest absolute Gasteiger partial charge is 0.478 e. The molecule has 0 atom stereocenters. The zero-order chi connectivity index (χ0) is 14.3. The summed E-state index contributed by atoms with van der Waals surface area (Å²) in [5.41, 5.74) is 0.187. The van der Waals surface area contributed by atoms with Gasteiger partial charge in [-0.15, -0.1) is 0 Å². The fourth-order valence-corrected chi connectivity index (χ4v) is 1.97. The first kappa shape index (κ1) is 15.5. The van der Waals surface area contributed by atoms with E-state index in [1.54, 1.807) is 12.1 Å². The molecule has 0 bridgehead atoms. The van der Waals surface area contributed by atoms with Crippen LogP contribution in [0, 0.1) is 0 Å². The highest BCUT2D eigenvalue weighted by molar-refractivity contribution is 6.34. The molecular formula is C14H18ClNO3. The Bertz CT molecular complexity index is 460. The van der Waals surface area contributed by atoms with Crippen LogP contribution in [-0.2, 0) is 4.79 Å². The number of carbonyl (C=O) groups is 2. The number of carboxylic acids is 1. The first-order valence-corrected chi connectivity index (χ1v) is 6.75. The molecule has 19 heavy (non-hydrogen) atoms. The number of hydrogen-bond donors (Lipinski definition) is 2. The second-order valence-electron chi connectivity index (χ2n) is 4.33. The molecule has 0 spiro atoms. The van der Waals surface area contributed by atoms with Crippen LogP contribution in [0.1, 0.15) is 49.4 Å². The van der Waals surface area contributed by atoms with Crippen LogP contribution in [0.5, 0.6) is 0 Å². The molecule has 5 heteroatoms. The molecule has 0 radical (unpaired) electrons. The molecule has 0 heterocycles. The molecule has 0 unspecified atom stereocenters. The van der Waals surface area contributed by atoms with Crippen LogP contribution in [-0.4, -0.2) is 17.0 Å². The molecule has 0 aromatic heterocycles. The fraction of sp³-hybridized carbons (Fsp3) is 0.429. The van der Waals surface area contributed by atoms with Gasteiger partial charge < -0.3 is 10.4 Å². The third kappa shape index (κ3) is 4.91. The van der Waals surface area contributed by atoms with Crippen molar-refractivity contribution in [2.75, 3.05) is 5.32 Å². The molecule has 0 aliphatic rings. The SMILES string of the molecule is CCCCCCC(=O)Nc1c(Cl)cccc1C(=O)O. The number of nitrogens with one attached hydrogen (secondary N) is 1. The molecule has 1 amide bonds. The average molecular weight is 284 g/mol. The first-order valence-electron chi connectivity index (χ1n) is 6.38. The summed E-state index contributed by atoms with van der Waals surface area (Å²) in [6.07, 6.45) is 4.38. The van der Waals surface area contributed by atoms with Gasteiger partial charge in [0.05, 0.1) is 16.3 Å². The topological polar surface area (TPSA) is 66.4 Å². The number of rotatable bonds is 7. The number of carbonyl (C=O) groups excluding carboxylic acids is 1. The van der Waals surface area contributed by atoms with Crippen LogP contribution in [0.4, 0.5) is 5.69 Å². The van der Waals surface area contributed by atoms with Crippen molar-refractivity contribution in [2.24, 2.45) is 0 Å². The van der Waals surface area contributed by atoms with E-state index in [4.69, 9.17) is 16.7 Å². The van der Waals surface area contributed by atoms with Crippen LogP contribution < -0.4 is 5.32 Å². The predicted molar refractivity (Wildman–Crippen MR) is 75.8 cm³/mol.